The van der Waals surface area contributed by atoms with E-state index in [1.807, 2.05) is 11.0 Å². The van der Waals surface area contributed by atoms with Crippen LogP contribution in [0.4, 0.5) is 8.78 Å². The topological polar surface area (TPSA) is 43.8 Å². The van der Waals surface area contributed by atoms with Crippen LogP contribution in [-0.4, -0.2) is 52.7 Å². The van der Waals surface area contributed by atoms with E-state index in [-0.39, 0.29) is 36.0 Å². The van der Waals surface area contributed by atoms with Crippen LogP contribution in [0.3, 0.4) is 0 Å². The lowest BCUT2D eigenvalue weighted by Gasteiger charge is -2.37. The maximum Gasteiger partial charge on any atom is 0.240 e. The van der Waals surface area contributed by atoms with Gasteiger partial charge in [0.2, 0.25) is 5.91 Å². The first-order valence-electron chi connectivity index (χ1n) is 10.1. The van der Waals surface area contributed by atoms with Crippen molar-refractivity contribution in [3.8, 4) is 5.75 Å². The number of aryl methyl sites for hydroxylation is 1. The lowest BCUT2D eigenvalue weighted by molar-refractivity contribution is -0.133. The quantitative estimate of drug-likeness (QED) is 0.850. The normalized spacial score (nSPS) is 25.6. The van der Waals surface area contributed by atoms with Crippen molar-refractivity contribution in [3.63, 3.8) is 0 Å². The average Bonchev–Trinajstić information content (AvgIpc) is 3.06. The fourth-order valence-electron chi connectivity index (χ4n) is 4.48. The maximum atomic E-state index is 14.9. The first-order valence-corrected chi connectivity index (χ1v) is 10.1. The Morgan fingerprint density at radius 3 is 2.55 bits per heavy atom. The number of carbonyl (C=O) groups excluding carboxylic acids is 1. The molecule has 0 bridgehead atoms. The Kier molecular flexibility index (Phi) is 5.54. The standard InChI is InChI=1S/C23H26F2N2O2/c1-15-2-3-16(12-20(15)24)13-27-11-9-22(23(27)29)26-10-8-19(21(25)14-26)17-4-6-18(28)7-5-17/h2-7,12,19,21-22,28H,8-11,13-14H2,1H3. The van der Waals surface area contributed by atoms with Crippen LogP contribution in [0.25, 0.3) is 0 Å². The summed E-state index contributed by atoms with van der Waals surface area (Å²) in [4.78, 5) is 16.6. The fraction of sp³-hybridized carbons (Fsp3) is 0.435. The van der Waals surface area contributed by atoms with E-state index in [1.54, 1.807) is 42.2 Å². The molecule has 2 aliphatic rings. The number of phenols is 1. The molecule has 6 heteroatoms. The number of aromatic hydroxyl groups is 1. The van der Waals surface area contributed by atoms with Gasteiger partial charge in [-0.1, -0.05) is 24.3 Å². The molecular formula is C23H26F2N2O2. The molecule has 2 heterocycles. The molecule has 0 saturated carbocycles. The zero-order valence-corrected chi connectivity index (χ0v) is 16.5. The molecule has 4 nitrogen and oxygen atoms in total. The van der Waals surface area contributed by atoms with E-state index >= 15 is 0 Å². The minimum Gasteiger partial charge on any atom is -0.508 e. The van der Waals surface area contributed by atoms with Gasteiger partial charge in [-0.15, -0.1) is 0 Å². The number of hydrogen-bond acceptors (Lipinski definition) is 3. The molecule has 2 aromatic rings. The molecule has 2 aromatic carbocycles. The third-order valence-corrected chi connectivity index (χ3v) is 6.21. The number of benzene rings is 2. The highest BCUT2D eigenvalue weighted by molar-refractivity contribution is 5.84. The molecule has 29 heavy (non-hydrogen) atoms. The summed E-state index contributed by atoms with van der Waals surface area (Å²) in [6.07, 6.45) is 0.254. The van der Waals surface area contributed by atoms with Crippen molar-refractivity contribution in [1.82, 2.24) is 9.80 Å². The smallest absolute Gasteiger partial charge is 0.240 e. The summed E-state index contributed by atoms with van der Waals surface area (Å²) in [6, 6.07) is 11.5. The number of piperidine rings is 1. The molecule has 1 N–H and O–H groups in total. The van der Waals surface area contributed by atoms with Crippen molar-refractivity contribution in [2.45, 2.75) is 44.4 Å². The summed E-state index contributed by atoms with van der Waals surface area (Å²) in [5.41, 5.74) is 2.25. The molecule has 2 saturated heterocycles. The van der Waals surface area contributed by atoms with Crippen LogP contribution in [0.5, 0.6) is 5.75 Å². The number of hydrogen-bond donors (Lipinski definition) is 1. The number of nitrogens with zero attached hydrogens (tertiary/aromatic N) is 2. The molecule has 3 atom stereocenters. The van der Waals surface area contributed by atoms with Gasteiger partial charge in [0, 0.05) is 25.6 Å². The Hall–Kier alpha value is -2.47. The molecule has 1 amide bonds. The van der Waals surface area contributed by atoms with Crippen molar-refractivity contribution in [2.24, 2.45) is 0 Å². The summed E-state index contributed by atoms with van der Waals surface area (Å²) in [7, 11) is 0. The molecule has 3 unspecified atom stereocenters. The molecule has 2 aliphatic heterocycles. The Morgan fingerprint density at radius 1 is 1.10 bits per heavy atom. The Morgan fingerprint density at radius 2 is 1.86 bits per heavy atom. The minimum atomic E-state index is -1.05. The van der Waals surface area contributed by atoms with Gasteiger partial charge in [-0.25, -0.2) is 8.78 Å². The van der Waals surface area contributed by atoms with E-state index in [0.717, 1.165) is 11.1 Å². The molecule has 154 valence electrons. The first-order chi connectivity index (χ1) is 13.9. The highest BCUT2D eigenvalue weighted by Gasteiger charge is 2.40. The Bertz CT molecular complexity index is 887. The zero-order chi connectivity index (χ0) is 20.5. The van der Waals surface area contributed by atoms with E-state index in [0.29, 0.717) is 38.0 Å². The van der Waals surface area contributed by atoms with Crippen molar-refractivity contribution in [2.75, 3.05) is 19.6 Å². The third kappa shape index (κ3) is 4.13. The number of amides is 1. The fourth-order valence-corrected chi connectivity index (χ4v) is 4.48. The molecule has 0 aliphatic carbocycles. The van der Waals surface area contributed by atoms with Crippen molar-refractivity contribution in [3.05, 3.63) is 65.0 Å². The zero-order valence-electron chi connectivity index (χ0n) is 16.5. The van der Waals surface area contributed by atoms with Gasteiger partial charge in [-0.3, -0.25) is 9.69 Å². The van der Waals surface area contributed by atoms with Gasteiger partial charge in [-0.2, -0.15) is 0 Å². The monoisotopic (exact) mass is 400 g/mol. The van der Waals surface area contributed by atoms with Crippen molar-refractivity contribution >= 4 is 5.91 Å². The van der Waals surface area contributed by atoms with E-state index in [1.165, 1.54) is 6.07 Å². The molecule has 2 fully saturated rings. The van der Waals surface area contributed by atoms with Crippen LogP contribution in [0, 0.1) is 12.7 Å². The SMILES string of the molecule is Cc1ccc(CN2CCC(N3CCC(c4ccc(O)cc4)C(F)C3)C2=O)cc1F. The largest absolute Gasteiger partial charge is 0.508 e. The summed E-state index contributed by atoms with van der Waals surface area (Å²) >= 11 is 0. The number of likely N-dealkylation sites (tertiary alicyclic amines) is 2. The second-order valence-electron chi connectivity index (χ2n) is 8.15. The molecule has 0 radical (unpaired) electrons. The molecule has 0 aromatic heterocycles. The first kappa shape index (κ1) is 19.8. The Balaban J connectivity index is 1.38. The molecular weight excluding hydrogens is 374 g/mol. The second-order valence-corrected chi connectivity index (χ2v) is 8.15. The van der Waals surface area contributed by atoms with E-state index < -0.39 is 6.17 Å². The number of halogens is 2. The second kappa shape index (κ2) is 8.11. The summed E-state index contributed by atoms with van der Waals surface area (Å²) in [5.74, 6) is -0.301. The van der Waals surface area contributed by atoms with E-state index in [2.05, 4.69) is 0 Å². The molecule has 0 spiro atoms. The predicted octanol–water partition coefficient (Wildman–Crippen LogP) is 3.77. The summed E-state index contributed by atoms with van der Waals surface area (Å²) in [5, 5.41) is 9.43. The highest BCUT2D eigenvalue weighted by atomic mass is 19.1. The van der Waals surface area contributed by atoms with Gasteiger partial charge in [0.05, 0.1) is 6.04 Å². The molecule has 4 rings (SSSR count). The number of alkyl halides is 1. The maximum absolute atomic E-state index is 14.9. The average molecular weight is 400 g/mol. The Labute approximate surface area is 169 Å². The van der Waals surface area contributed by atoms with Gasteiger partial charge in [-0.05, 0) is 61.2 Å². The van der Waals surface area contributed by atoms with Gasteiger partial charge < -0.3 is 10.0 Å². The van der Waals surface area contributed by atoms with Crippen LogP contribution in [-0.2, 0) is 11.3 Å². The van der Waals surface area contributed by atoms with E-state index in [9.17, 15) is 18.7 Å². The van der Waals surface area contributed by atoms with Gasteiger partial charge in [0.1, 0.15) is 17.7 Å². The summed E-state index contributed by atoms with van der Waals surface area (Å²) in [6.45, 7) is 3.60. The van der Waals surface area contributed by atoms with Gasteiger partial charge in [0.25, 0.3) is 0 Å². The number of carbonyl (C=O) groups is 1. The lowest BCUT2D eigenvalue weighted by Crippen LogP contribution is -2.49. The number of rotatable bonds is 4. The third-order valence-electron chi connectivity index (χ3n) is 6.21. The van der Waals surface area contributed by atoms with E-state index in [4.69, 9.17) is 0 Å². The van der Waals surface area contributed by atoms with Crippen LogP contribution in [0.1, 0.15) is 35.4 Å². The highest BCUT2D eigenvalue weighted by Crippen LogP contribution is 2.33. The van der Waals surface area contributed by atoms with Crippen LogP contribution >= 0.6 is 0 Å². The van der Waals surface area contributed by atoms with Crippen molar-refractivity contribution in [1.29, 1.82) is 0 Å². The number of phenolic OH excluding ortho intramolecular Hbond substituents is 1. The lowest BCUT2D eigenvalue weighted by atomic mass is 9.87. The van der Waals surface area contributed by atoms with Gasteiger partial charge >= 0.3 is 0 Å². The van der Waals surface area contributed by atoms with Crippen LogP contribution in [0.15, 0.2) is 42.5 Å². The predicted molar refractivity (Wildman–Crippen MR) is 107 cm³/mol. The van der Waals surface area contributed by atoms with Crippen molar-refractivity contribution < 1.29 is 18.7 Å². The van der Waals surface area contributed by atoms with Crippen LogP contribution in [0.2, 0.25) is 0 Å². The van der Waals surface area contributed by atoms with Crippen LogP contribution < -0.4 is 0 Å². The minimum absolute atomic E-state index is 0.00117. The van der Waals surface area contributed by atoms with Gasteiger partial charge in [0.15, 0.2) is 0 Å². The summed E-state index contributed by atoms with van der Waals surface area (Å²) < 4.78 is 28.7.